The summed E-state index contributed by atoms with van der Waals surface area (Å²) in [6, 6.07) is 21.3. The molecular weight excluding hydrogens is 454 g/mol. The smallest absolute Gasteiger partial charge is 0.264 e. The number of nitrogens with zero attached hydrogens (tertiary/aromatic N) is 1. The number of methoxy groups -OCH3 is 1. The summed E-state index contributed by atoms with van der Waals surface area (Å²) in [4.78, 5) is 24.1. The molecule has 0 fully saturated rings. The monoisotopic (exact) mass is 481 g/mol. The standard InChI is InChI=1S/C25H27N3O5S/c1-18(20-7-5-4-6-8-20)26-25(30)17-28(22-11-13-23(33-3)14-12-22)34(31,32)24-15-9-21(10-16-24)27-19(2)29/h4-16,18H,17H2,1-3H3,(H,26,30)(H,27,29)/t18-/m0/s1. The number of anilines is 2. The first-order valence-electron chi connectivity index (χ1n) is 10.6. The molecule has 3 aromatic carbocycles. The van der Waals surface area contributed by atoms with E-state index in [-0.39, 0.29) is 16.8 Å². The second kappa shape index (κ2) is 10.8. The van der Waals surface area contributed by atoms with Gasteiger partial charge < -0.3 is 15.4 Å². The van der Waals surface area contributed by atoms with Crippen molar-refractivity contribution in [3.8, 4) is 5.75 Å². The predicted octanol–water partition coefficient (Wildman–Crippen LogP) is 3.73. The van der Waals surface area contributed by atoms with E-state index in [1.165, 1.54) is 38.3 Å². The zero-order valence-corrected chi connectivity index (χ0v) is 20.0. The molecule has 9 heteroatoms. The fraction of sp³-hybridized carbons (Fsp3) is 0.200. The van der Waals surface area contributed by atoms with Crippen molar-refractivity contribution in [2.75, 3.05) is 23.3 Å². The largest absolute Gasteiger partial charge is 0.497 e. The lowest BCUT2D eigenvalue weighted by atomic mass is 10.1. The van der Waals surface area contributed by atoms with Crippen LogP contribution in [0.2, 0.25) is 0 Å². The maximum absolute atomic E-state index is 13.5. The van der Waals surface area contributed by atoms with Gasteiger partial charge in [-0.2, -0.15) is 0 Å². The van der Waals surface area contributed by atoms with Gasteiger partial charge in [0.2, 0.25) is 11.8 Å². The average Bonchev–Trinajstić information content (AvgIpc) is 2.83. The van der Waals surface area contributed by atoms with E-state index < -0.39 is 22.5 Å². The first kappa shape index (κ1) is 24.8. The number of ether oxygens (including phenoxy) is 1. The van der Waals surface area contributed by atoms with Crippen molar-refractivity contribution in [1.29, 1.82) is 0 Å². The Bertz CT molecular complexity index is 1230. The third-order valence-corrected chi connectivity index (χ3v) is 6.88. The van der Waals surface area contributed by atoms with Crippen molar-refractivity contribution in [2.24, 2.45) is 0 Å². The number of hydrogen-bond acceptors (Lipinski definition) is 5. The molecule has 0 saturated carbocycles. The van der Waals surface area contributed by atoms with Crippen LogP contribution >= 0.6 is 0 Å². The summed E-state index contributed by atoms with van der Waals surface area (Å²) in [5, 5.41) is 5.46. The Labute approximate surface area is 199 Å². The van der Waals surface area contributed by atoms with Crippen LogP contribution in [0.15, 0.2) is 83.8 Å². The number of carbonyl (C=O) groups excluding carboxylic acids is 2. The van der Waals surface area contributed by atoms with E-state index in [0.717, 1.165) is 9.87 Å². The molecule has 0 aliphatic heterocycles. The van der Waals surface area contributed by atoms with Gasteiger partial charge in [0.15, 0.2) is 0 Å². The fourth-order valence-corrected chi connectivity index (χ4v) is 4.77. The summed E-state index contributed by atoms with van der Waals surface area (Å²) < 4.78 is 33.3. The van der Waals surface area contributed by atoms with Crippen LogP contribution in [0.4, 0.5) is 11.4 Å². The number of nitrogens with one attached hydrogen (secondary N) is 2. The Balaban J connectivity index is 1.89. The van der Waals surface area contributed by atoms with E-state index in [4.69, 9.17) is 4.74 Å². The van der Waals surface area contributed by atoms with E-state index >= 15 is 0 Å². The number of amides is 2. The number of carbonyl (C=O) groups is 2. The molecule has 3 rings (SSSR count). The molecule has 0 unspecified atom stereocenters. The molecule has 0 saturated heterocycles. The molecular formula is C25H27N3O5S. The number of sulfonamides is 1. The number of rotatable bonds is 9. The van der Waals surface area contributed by atoms with Crippen molar-refractivity contribution in [2.45, 2.75) is 24.8 Å². The molecule has 0 bridgehead atoms. The lowest BCUT2D eigenvalue weighted by molar-refractivity contribution is -0.120. The number of benzene rings is 3. The second-order valence-electron chi connectivity index (χ2n) is 7.62. The van der Waals surface area contributed by atoms with Gasteiger partial charge >= 0.3 is 0 Å². The van der Waals surface area contributed by atoms with Gasteiger partial charge in [0.05, 0.1) is 23.7 Å². The summed E-state index contributed by atoms with van der Waals surface area (Å²) in [5.74, 6) is -0.159. The maximum atomic E-state index is 13.5. The average molecular weight is 482 g/mol. The van der Waals surface area contributed by atoms with Crippen LogP contribution in [0.1, 0.15) is 25.5 Å². The third kappa shape index (κ3) is 6.14. The molecule has 0 radical (unpaired) electrons. The number of hydrogen-bond donors (Lipinski definition) is 2. The summed E-state index contributed by atoms with van der Waals surface area (Å²) in [5.41, 5.74) is 1.69. The molecule has 2 N–H and O–H groups in total. The van der Waals surface area contributed by atoms with Crippen LogP contribution in [0, 0.1) is 0 Å². The van der Waals surface area contributed by atoms with Gasteiger partial charge in [0, 0.05) is 12.6 Å². The molecule has 0 spiro atoms. The lowest BCUT2D eigenvalue weighted by Crippen LogP contribution is -2.41. The highest BCUT2D eigenvalue weighted by atomic mass is 32.2. The van der Waals surface area contributed by atoms with Crippen molar-refractivity contribution < 1.29 is 22.7 Å². The van der Waals surface area contributed by atoms with Crippen molar-refractivity contribution in [3.05, 3.63) is 84.4 Å². The zero-order valence-electron chi connectivity index (χ0n) is 19.2. The van der Waals surface area contributed by atoms with E-state index in [9.17, 15) is 18.0 Å². The van der Waals surface area contributed by atoms with Crippen LogP contribution in [0.3, 0.4) is 0 Å². The third-order valence-electron chi connectivity index (χ3n) is 5.09. The van der Waals surface area contributed by atoms with E-state index in [2.05, 4.69) is 10.6 Å². The minimum atomic E-state index is -4.10. The summed E-state index contributed by atoms with van der Waals surface area (Å²) >= 11 is 0. The molecule has 0 aliphatic rings. The predicted molar refractivity (Wildman–Crippen MR) is 131 cm³/mol. The first-order chi connectivity index (χ1) is 16.2. The molecule has 8 nitrogen and oxygen atoms in total. The van der Waals surface area contributed by atoms with E-state index in [0.29, 0.717) is 17.1 Å². The maximum Gasteiger partial charge on any atom is 0.264 e. The van der Waals surface area contributed by atoms with Crippen LogP contribution in [0.5, 0.6) is 5.75 Å². The molecule has 2 amide bonds. The van der Waals surface area contributed by atoms with Crippen LogP contribution in [0.25, 0.3) is 0 Å². The van der Waals surface area contributed by atoms with Gasteiger partial charge in [0.1, 0.15) is 12.3 Å². The van der Waals surface area contributed by atoms with Crippen molar-refractivity contribution in [3.63, 3.8) is 0 Å². The van der Waals surface area contributed by atoms with Crippen LogP contribution in [-0.2, 0) is 19.6 Å². The normalized spacial score (nSPS) is 11.9. The first-order valence-corrected chi connectivity index (χ1v) is 12.0. The summed E-state index contributed by atoms with van der Waals surface area (Å²) in [6.45, 7) is 2.78. The highest BCUT2D eigenvalue weighted by Crippen LogP contribution is 2.26. The zero-order chi connectivity index (χ0) is 24.7. The quantitative estimate of drug-likeness (QED) is 0.485. The Hall–Kier alpha value is -3.85. The topological polar surface area (TPSA) is 105 Å². The molecule has 34 heavy (non-hydrogen) atoms. The minimum absolute atomic E-state index is 0.0127. The molecule has 0 aromatic heterocycles. The summed E-state index contributed by atoms with van der Waals surface area (Å²) in [7, 11) is -2.58. The molecule has 178 valence electrons. The Morgan fingerprint density at radius 2 is 1.56 bits per heavy atom. The highest BCUT2D eigenvalue weighted by molar-refractivity contribution is 7.92. The summed E-state index contributed by atoms with van der Waals surface area (Å²) in [6.07, 6.45) is 0. The van der Waals surface area contributed by atoms with E-state index in [1.54, 1.807) is 24.3 Å². The lowest BCUT2D eigenvalue weighted by Gasteiger charge is -2.25. The van der Waals surface area contributed by atoms with Crippen LogP contribution in [-0.4, -0.2) is 33.9 Å². The highest BCUT2D eigenvalue weighted by Gasteiger charge is 2.28. The van der Waals surface area contributed by atoms with Crippen molar-refractivity contribution in [1.82, 2.24) is 5.32 Å². The van der Waals surface area contributed by atoms with E-state index in [1.807, 2.05) is 37.3 Å². The fourth-order valence-electron chi connectivity index (χ4n) is 3.35. The Morgan fingerprint density at radius 1 is 0.941 bits per heavy atom. The molecule has 1 atom stereocenters. The Morgan fingerprint density at radius 3 is 2.12 bits per heavy atom. The van der Waals surface area contributed by atoms with Gasteiger partial charge in [-0.15, -0.1) is 0 Å². The van der Waals surface area contributed by atoms with Gasteiger partial charge in [-0.1, -0.05) is 30.3 Å². The van der Waals surface area contributed by atoms with Gasteiger partial charge in [-0.3, -0.25) is 13.9 Å². The molecule has 0 heterocycles. The second-order valence-corrected chi connectivity index (χ2v) is 9.48. The molecule has 3 aromatic rings. The Kier molecular flexibility index (Phi) is 7.91. The van der Waals surface area contributed by atoms with Gasteiger partial charge in [0.25, 0.3) is 10.0 Å². The minimum Gasteiger partial charge on any atom is -0.497 e. The SMILES string of the molecule is COc1ccc(N(CC(=O)N[C@@H](C)c2ccccc2)S(=O)(=O)c2ccc(NC(C)=O)cc2)cc1. The van der Waals surface area contributed by atoms with Crippen molar-refractivity contribution >= 4 is 33.2 Å². The van der Waals surface area contributed by atoms with Gasteiger partial charge in [-0.25, -0.2) is 8.42 Å². The van der Waals surface area contributed by atoms with Crippen LogP contribution < -0.4 is 19.7 Å². The molecule has 0 aliphatic carbocycles. The van der Waals surface area contributed by atoms with Gasteiger partial charge in [-0.05, 0) is 61.0 Å².